The van der Waals surface area contributed by atoms with Crippen LogP contribution in [0.25, 0.3) is 0 Å². The number of ether oxygens (including phenoxy) is 1. The molecule has 1 aromatic carbocycles. The third-order valence-electron chi connectivity index (χ3n) is 3.42. The maximum atomic E-state index is 12.1. The Kier molecular flexibility index (Phi) is 5.91. The maximum Gasteiger partial charge on any atom is 0.258 e. The number of hydrogen-bond acceptors (Lipinski definition) is 3. The molecular formula is C15H18Cl2N2O3. The van der Waals surface area contributed by atoms with Gasteiger partial charge in [0.1, 0.15) is 11.8 Å². The van der Waals surface area contributed by atoms with Crippen LogP contribution in [0.1, 0.15) is 19.8 Å². The summed E-state index contributed by atoms with van der Waals surface area (Å²) in [6.45, 7) is 2.98. The molecular weight excluding hydrogens is 327 g/mol. The van der Waals surface area contributed by atoms with Gasteiger partial charge in [-0.3, -0.25) is 9.59 Å². The second-order valence-corrected chi connectivity index (χ2v) is 6.03. The fraction of sp³-hybridized carbons (Fsp3) is 0.467. The minimum Gasteiger partial charge on any atom is -0.482 e. The summed E-state index contributed by atoms with van der Waals surface area (Å²) in [7, 11) is 0. The second-order valence-electron chi connectivity index (χ2n) is 5.19. The topological polar surface area (TPSA) is 58.6 Å². The molecule has 0 spiro atoms. The third-order valence-corrected chi connectivity index (χ3v) is 3.95. The highest BCUT2D eigenvalue weighted by atomic mass is 35.5. The Balaban J connectivity index is 1.80. The Morgan fingerprint density at radius 1 is 1.32 bits per heavy atom. The van der Waals surface area contributed by atoms with E-state index >= 15 is 0 Å². The van der Waals surface area contributed by atoms with Crippen LogP contribution in [0.4, 0.5) is 0 Å². The van der Waals surface area contributed by atoms with Crippen LogP contribution in [-0.4, -0.2) is 42.5 Å². The lowest BCUT2D eigenvalue weighted by Crippen LogP contribution is -2.47. The Bertz CT molecular complexity index is 560. The van der Waals surface area contributed by atoms with Crippen molar-refractivity contribution < 1.29 is 14.3 Å². The molecule has 0 bridgehead atoms. The summed E-state index contributed by atoms with van der Waals surface area (Å²) >= 11 is 11.7. The summed E-state index contributed by atoms with van der Waals surface area (Å²) in [5, 5.41) is 3.46. The summed E-state index contributed by atoms with van der Waals surface area (Å²) in [5.41, 5.74) is 0. The van der Waals surface area contributed by atoms with Crippen molar-refractivity contribution in [1.29, 1.82) is 0 Å². The van der Waals surface area contributed by atoms with Crippen LogP contribution in [0.15, 0.2) is 18.2 Å². The molecule has 1 aromatic rings. The standard InChI is InChI=1S/C15H18Cl2N2O3/c1-10(15(21)19-6-2-3-7-19)18-14(20)9-22-13-5-4-11(16)8-12(13)17/h4-5,8,10H,2-3,6-7,9H2,1H3,(H,18,20)/t10-/m1/s1. The predicted octanol–water partition coefficient (Wildman–Crippen LogP) is 2.50. The zero-order valence-corrected chi connectivity index (χ0v) is 13.8. The molecule has 1 N–H and O–H groups in total. The number of hydrogen-bond donors (Lipinski definition) is 1. The Labute approximate surface area is 139 Å². The van der Waals surface area contributed by atoms with E-state index in [1.54, 1.807) is 24.0 Å². The highest BCUT2D eigenvalue weighted by Crippen LogP contribution is 2.27. The van der Waals surface area contributed by atoms with E-state index in [-0.39, 0.29) is 18.4 Å². The Hall–Kier alpha value is -1.46. The SMILES string of the molecule is C[C@@H](NC(=O)COc1ccc(Cl)cc1Cl)C(=O)N1CCCC1. The molecule has 0 radical (unpaired) electrons. The number of likely N-dealkylation sites (tertiary alicyclic amines) is 1. The number of nitrogens with zero attached hydrogens (tertiary/aromatic N) is 1. The Morgan fingerprint density at radius 3 is 2.64 bits per heavy atom. The van der Waals surface area contributed by atoms with Gasteiger partial charge in [-0.1, -0.05) is 23.2 Å². The Morgan fingerprint density at radius 2 is 2.00 bits per heavy atom. The van der Waals surface area contributed by atoms with Crippen molar-refractivity contribution in [2.75, 3.05) is 19.7 Å². The van der Waals surface area contributed by atoms with Gasteiger partial charge in [0.05, 0.1) is 5.02 Å². The smallest absolute Gasteiger partial charge is 0.258 e. The average Bonchev–Trinajstić information content (AvgIpc) is 2.99. The number of amides is 2. The molecule has 1 heterocycles. The molecule has 22 heavy (non-hydrogen) atoms. The molecule has 1 aliphatic rings. The first-order valence-corrected chi connectivity index (χ1v) is 7.89. The number of benzene rings is 1. The number of halogens is 2. The third kappa shape index (κ3) is 4.52. The maximum absolute atomic E-state index is 12.1. The molecule has 2 amide bonds. The zero-order chi connectivity index (χ0) is 16.1. The van der Waals surface area contributed by atoms with Gasteiger partial charge in [0.15, 0.2) is 6.61 Å². The summed E-state index contributed by atoms with van der Waals surface area (Å²) in [5.74, 6) is -0.0545. The lowest BCUT2D eigenvalue weighted by molar-refractivity contribution is -0.135. The van der Waals surface area contributed by atoms with Crippen LogP contribution in [0, 0.1) is 0 Å². The molecule has 1 aliphatic heterocycles. The molecule has 0 saturated carbocycles. The van der Waals surface area contributed by atoms with Crippen molar-refractivity contribution in [2.45, 2.75) is 25.8 Å². The number of carbonyl (C=O) groups excluding carboxylic acids is 2. The average molecular weight is 345 g/mol. The van der Waals surface area contributed by atoms with Crippen LogP contribution in [-0.2, 0) is 9.59 Å². The van der Waals surface area contributed by atoms with Crippen molar-refractivity contribution in [2.24, 2.45) is 0 Å². The van der Waals surface area contributed by atoms with Crippen LogP contribution in [0.2, 0.25) is 10.0 Å². The molecule has 5 nitrogen and oxygen atoms in total. The van der Waals surface area contributed by atoms with Crippen molar-refractivity contribution in [3.8, 4) is 5.75 Å². The summed E-state index contributed by atoms with van der Waals surface area (Å²) < 4.78 is 5.33. The molecule has 0 aliphatic carbocycles. The summed E-state index contributed by atoms with van der Waals surface area (Å²) in [6.07, 6.45) is 2.04. The van der Waals surface area contributed by atoms with Gasteiger partial charge in [0, 0.05) is 18.1 Å². The van der Waals surface area contributed by atoms with Gasteiger partial charge in [-0.15, -0.1) is 0 Å². The van der Waals surface area contributed by atoms with Gasteiger partial charge in [-0.2, -0.15) is 0 Å². The first-order valence-electron chi connectivity index (χ1n) is 7.13. The van der Waals surface area contributed by atoms with Gasteiger partial charge >= 0.3 is 0 Å². The molecule has 1 fully saturated rings. The number of carbonyl (C=O) groups is 2. The molecule has 0 unspecified atom stereocenters. The normalized spacial score (nSPS) is 15.5. The zero-order valence-electron chi connectivity index (χ0n) is 12.3. The van der Waals surface area contributed by atoms with E-state index < -0.39 is 6.04 Å². The lowest BCUT2D eigenvalue weighted by atomic mass is 10.3. The molecule has 2 rings (SSSR count). The molecule has 0 aromatic heterocycles. The fourth-order valence-electron chi connectivity index (χ4n) is 2.29. The van der Waals surface area contributed by atoms with E-state index in [1.807, 2.05) is 0 Å². The highest BCUT2D eigenvalue weighted by Gasteiger charge is 2.24. The molecule has 1 saturated heterocycles. The quantitative estimate of drug-likeness (QED) is 0.892. The minimum atomic E-state index is -0.560. The first-order chi connectivity index (χ1) is 10.5. The predicted molar refractivity (Wildman–Crippen MR) is 85.4 cm³/mol. The summed E-state index contributed by atoms with van der Waals surface area (Å²) in [6, 6.07) is 4.20. The van der Waals surface area contributed by atoms with E-state index in [4.69, 9.17) is 27.9 Å². The second kappa shape index (κ2) is 7.70. The van der Waals surface area contributed by atoms with Crippen molar-refractivity contribution >= 4 is 35.0 Å². The van der Waals surface area contributed by atoms with Gasteiger partial charge < -0.3 is 15.0 Å². The van der Waals surface area contributed by atoms with E-state index in [9.17, 15) is 9.59 Å². The van der Waals surface area contributed by atoms with Crippen molar-refractivity contribution in [3.05, 3.63) is 28.2 Å². The fourth-order valence-corrected chi connectivity index (χ4v) is 2.75. The van der Waals surface area contributed by atoms with Crippen molar-refractivity contribution in [1.82, 2.24) is 10.2 Å². The monoisotopic (exact) mass is 344 g/mol. The number of nitrogens with one attached hydrogen (secondary N) is 1. The van der Waals surface area contributed by atoms with Gasteiger partial charge in [0.25, 0.3) is 5.91 Å². The van der Waals surface area contributed by atoms with Gasteiger partial charge in [-0.25, -0.2) is 0 Å². The van der Waals surface area contributed by atoms with Crippen molar-refractivity contribution in [3.63, 3.8) is 0 Å². The van der Waals surface area contributed by atoms with Gasteiger partial charge in [0.2, 0.25) is 5.91 Å². The van der Waals surface area contributed by atoms with Crippen LogP contribution in [0.5, 0.6) is 5.75 Å². The largest absolute Gasteiger partial charge is 0.482 e. The molecule has 1 atom stereocenters. The lowest BCUT2D eigenvalue weighted by Gasteiger charge is -2.21. The number of rotatable bonds is 5. The molecule has 7 heteroatoms. The van der Waals surface area contributed by atoms with E-state index in [0.717, 1.165) is 25.9 Å². The van der Waals surface area contributed by atoms with Gasteiger partial charge in [-0.05, 0) is 38.0 Å². The van der Waals surface area contributed by atoms with Crippen LogP contribution < -0.4 is 10.1 Å². The highest BCUT2D eigenvalue weighted by molar-refractivity contribution is 6.35. The van der Waals surface area contributed by atoms with E-state index in [1.165, 1.54) is 6.07 Å². The first kappa shape index (κ1) is 16.9. The minimum absolute atomic E-state index is 0.0598. The van der Waals surface area contributed by atoms with Crippen LogP contribution in [0.3, 0.4) is 0 Å². The summed E-state index contributed by atoms with van der Waals surface area (Å²) in [4.78, 5) is 25.7. The molecule has 120 valence electrons. The van der Waals surface area contributed by atoms with E-state index in [0.29, 0.717) is 15.8 Å². The van der Waals surface area contributed by atoms with E-state index in [2.05, 4.69) is 5.32 Å². The van der Waals surface area contributed by atoms with Crippen LogP contribution >= 0.6 is 23.2 Å².